The quantitative estimate of drug-likeness (QED) is 0.447. The Hall–Kier alpha value is -0.380. The molecule has 0 N–H and O–H groups in total. The highest BCUT2D eigenvalue weighted by Crippen LogP contribution is 2.23. The Kier molecular flexibility index (Phi) is 6.79. The van der Waals surface area contributed by atoms with Gasteiger partial charge in [-0.3, -0.25) is 0 Å². The molecule has 0 aromatic rings. The summed E-state index contributed by atoms with van der Waals surface area (Å²) in [6.45, 7) is 13.2. The number of hydrogen-bond acceptors (Lipinski definition) is 3. The van der Waals surface area contributed by atoms with E-state index in [4.69, 9.17) is 14.2 Å². The number of hydrogen-bond donors (Lipinski definition) is 0. The standard InChI is InChI=1S/C11H22O3/c1-6-12-11(13-7-2,14-8-3)9-10(4)5/h4,6-9H2,1-3,5H3. The summed E-state index contributed by atoms with van der Waals surface area (Å²) in [6.07, 6.45) is 0.572. The maximum Gasteiger partial charge on any atom is 0.286 e. The molecule has 3 heteroatoms. The third-order valence-corrected chi connectivity index (χ3v) is 1.61. The van der Waals surface area contributed by atoms with Gasteiger partial charge in [-0.15, -0.1) is 0 Å². The summed E-state index contributed by atoms with van der Waals surface area (Å²) in [5, 5.41) is 0. The SMILES string of the molecule is C=C(C)CC(OCC)(OCC)OCC. The lowest BCUT2D eigenvalue weighted by Crippen LogP contribution is -2.39. The Morgan fingerprint density at radius 1 is 1.00 bits per heavy atom. The van der Waals surface area contributed by atoms with E-state index in [1.807, 2.05) is 27.7 Å². The molecule has 0 unspecified atom stereocenters. The Balaban J connectivity index is 4.45. The molecular formula is C11H22O3. The zero-order valence-electron chi connectivity index (χ0n) is 9.76. The monoisotopic (exact) mass is 202 g/mol. The van der Waals surface area contributed by atoms with Crippen molar-refractivity contribution in [3.05, 3.63) is 12.2 Å². The Morgan fingerprint density at radius 2 is 1.36 bits per heavy atom. The van der Waals surface area contributed by atoms with E-state index >= 15 is 0 Å². The first-order chi connectivity index (χ1) is 6.60. The van der Waals surface area contributed by atoms with Crippen LogP contribution in [0, 0.1) is 0 Å². The maximum absolute atomic E-state index is 5.52. The molecule has 0 aliphatic heterocycles. The van der Waals surface area contributed by atoms with E-state index in [0.29, 0.717) is 26.2 Å². The molecule has 0 rings (SSSR count). The van der Waals surface area contributed by atoms with Crippen molar-refractivity contribution in [1.82, 2.24) is 0 Å². The zero-order valence-corrected chi connectivity index (χ0v) is 9.76. The first-order valence-electron chi connectivity index (χ1n) is 5.16. The minimum Gasteiger partial charge on any atom is -0.328 e. The summed E-state index contributed by atoms with van der Waals surface area (Å²) in [7, 11) is 0. The van der Waals surface area contributed by atoms with Crippen molar-refractivity contribution in [1.29, 1.82) is 0 Å². The highest BCUT2D eigenvalue weighted by Gasteiger charge is 2.32. The fourth-order valence-electron chi connectivity index (χ4n) is 1.31. The second-order valence-corrected chi connectivity index (χ2v) is 3.12. The Bertz CT molecular complexity index is 149. The molecule has 0 saturated carbocycles. The highest BCUT2D eigenvalue weighted by molar-refractivity contribution is 4.91. The summed E-state index contributed by atoms with van der Waals surface area (Å²) < 4.78 is 16.5. The average Bonchev–Trinajstić information content (AvgIpc) is 2.03. The fraction of sp³-hybridized carbons (Fsp3) is 0.818. The predicted molar refractivity (Wildman–Crippen MR) is 57.0 cm³/mol. The van der Waals surface area contributed by atoms with Crippen LogP contribution in [0.5, 0.6) is 0 Å². The first-order valence-corrected chi connectivity index (χ1v) is 5.16. The molecule has 0 fully saturated rings. The smallest absolute Gasteiger partial charge is 0.286 e. The van der Waals surface area contributed by atoms with E-state index in [0.717, 1.165) is 5.57 Å². The lowest BCUT2D eigenvalue weighted by atomic mass is 10.2. The van der Waals surface area contributed by atoms with Crippen molar-refractivity contribution in [3.8, 4) is 0 Å². The maximum atomic E-state index is 5.52. The zero-order chi connectivity index (χ0) is 11.0. The van der Waals surface area contributed by atoms with Gasteiger partial charge in [-0.1, -0.05) is 12.2 Å². The number of rotatable bonds is 8. The van der Waals surface area contributed by atoms with Gasteiger partial charge in [-0.25, -0.2) is 0 Å². The summed E-state index contributed by atoms with van der Waals surface area (Å²) in [5.74, 6) is -0.927. The summed E-state index contributed by atoms with van der Waals surface area (Å²) in [5.41, 5.74) is 0.986. The second kappa shape index (κ2) is 6.98. The van der Waals surface area contributed by atoms with Crippen LogP contribution in [0.3, 0.4) is 0 Å². The second-order valence-electron chi connectivity index (χ2n) is 3.12. The van der Waals surface area contributed by atoms with Crippen LogP contribution in [0.15, 0.2) is 12.2 Å². The van der Waals surface area contributed by atoms with Crippen molar-refractivity contribution in [2.45, 2.75) is 40.1 Å². The molecule has 0 aliphatic rings. The molecule has 84 valence electrons. The third kappa shape index (κ3) is 4.74. The van der Waals surface area contributed by atoms with Crippen molar-refractivity contribution in [2.24, 2.45) is 0 Å². The minimum atomic E-state index is -0.927. The molecule has 0 bridgehead atoms. The van der Waals surface area contributed by atoms with Gasteiger partial charge in [0, 0.05) is 19.8 Å². The fourth-order valence-corrected chi connectivity index (χ4v) is 1.31. The Morgan fingerprint density at radius 3 is 1.57 bits per heavy atom. The van der Waals surface area contributed by atoms with E-state index in [-0.39, 0.29) is 0 Å². The molecule has 0 spiro atoms. The first kappa shape index (κ1) is 13.6. The van der Waals surface area contributed by atoms with Crippen LogP contribution >= 0.6 is 0 Å². The average molecular weight is 202 g/mol. The van der Waals surface area contributed by atoms with Crippen LogP contribution in [-0.4, -0.2) is 25.8 Å². The molecular weight excluding hydrogens is 180 g/mol. The summed E-state index contributed by atoms with van der Waals surface area (Å²) in [4.78, 5) is 0. The van der Waals surface area contributed by atoms with Crippen LogP contribution in [0.2, 0.25) is 0 Å². The Labute approximate surface area is 87.0 Å². The molecule has 0 aromatic carbocycles. The number of ether oxygens (including phenoxy) is 3. The van der Waals surface area contributed by atoms with Gasteiger partial charge in [0.05, 0.1) is 6.42 Å². The van der Waals surface area contributed by atoms with Crippen LogP contribution in [0.4, 0.5) is 0 Å². The third-order valence-electron chi connectivity index (χ3n) is 1.61. The van der Waals surface area contributed by atoms with E-state index in [1.165, 1.54) is 0 Å². The van der Waals surface area contributed by atoms with Crippen LogP contribution in [0.1, 0.15) is 34.1 Å². The van der Waals surface area contributed by atoms with Gasteiger partial charge >= 0.3 is 0 Å². The van der Waals surface area contributed by atoms with Crippen molar-refractivity contribution in [2.75, 3.05) is 19.8 Å². The van der Waals surface area contributed by atoms with Crippen molar-refractivity contribution in [3.63, 3.8) is 0 Å². The lowest BCUT2D eigenvalue weighted by molar-refractivity contribution is -0.375. The molecule has 0 aliphatic carbocycles. The summed E-state index contributed by atoms with van der Waals surface area (Å²) in [6, 6.07) is 0. The van der Waals surface area contributed by atoms with Gasteiger partial charge < -0.3 is 14.2 Å². The molecule has 14 heavy (non-hydrogen) atoms. The summed E-state index contributed by atoms with van der Waals surface area (Å²) >= 11 is 0. The van der Waals surface area contributed by atoms with E-state index in [1.54, 1.807) is 0 Å². The van der Waals surface area contributed by atoms with Gasteiger partial charge in [0.25, 0.3) is 5.97 Å². The minimum absolute atomic E-state index is 0.563. The van der Waals surface area contributed by atoms with E-state index in [9.17, 15) is 0 Å². The van der Waals surface area contributed by atoms with Crippen LogP contribution in [-0.2, 0) is 14.2 Å². The van der Waals surface area contributed by atoms with E-state index in [2.05, 4.69) is 6.58 Å². The topological polar surface area (TPSA) is 27.7 Å². The molecule has 0 atom stereocenters. The van der Waals surface area contributed by atoms with Crippen LogP contribution < -0.4 is 0 Å². The van der Waals surface area contributed by atoms with Gasteiger partial charge in [0.2, 0.25) is 0 Å². The van der Waals surface area contributed by atoms with Gasteiger partial charge in [-0.2, -0.15) is 0 Å². The van der Waals surface area contributed by atoms with Gasteiger partial charge in [-0.05, 0) is 27.7 Å². The van der Waals surface area contributed by atoms with Crippen LogP contribution in [0.25, 0.3) is 0 Å². The molecule has 0 radical (unpaired) electrons. The van der Waals surface area contributed by atoms with E-state index < -0.39 is 5.97 Å². The lowest BCUT2D eigenvalue weighted by Gasteiger charge is -2.32. The van der Waals surface area contributed by atoms with Crippen molar-refractivity contribution >= 4 is 0 Å². The molecule has 0 amide bonds. The van der Waals surface area contributed by atoms with Crippen molar-refractivity contribution < 1.29 is 14.2 Å². The predicted octanol–water partition coefficient (Wildman–Crippen LogP) is 2.72. The largest absolute Gasteiger partial charge is 0.328 e. The highest BCUT2D eigenvalue weighted by atomic mass is 16.9. The van der Waals surface area contributed by atoms with Gasteiger partial charge in [0.1, 0.15) is 0 Å². The molecule has 3 nitrogen and oxygen atoms in total. The normalized spacial score (nSPS) is 11.7. The van der Waals surface area contributed by atoms with Gasteiger partial charge in [0.15, 0.2) is 0 Å². The molecule has 0 heterocycles. The molecule has 0 saturated heterocycles. The molecule has 0 aromatic heterocycles.